The number of hydrogen-bond donors (Lipinski definition) is 1. The van der Waals surface area contributed by atoms with Gasteiger partial charge in [0.05, 0.1) is 14.2 Å². The second-order valence-corrected chi connectivity index (χ2v) is 5.94. The summed E-state index contributed by atoms with van der Waals surface area (Å²) in [5, 5.41) is 1.20. The van der Waals surface area contributed by atoms with Crippen LogP contribution in [0.1, 0.15) is 15.9 Å². The fraction of sp³-hybridized carbons (Fsp3) is 0.250. The van der Waals surface area contributed by atoms with Crippen molar-refractivity contribution < 1.29 is 14.3 Å². The van der Waals surface area contributed by atoms with Crippen LogP contribution >= 0.6 is 0 Å². The predicted octanol–water partition coefficient (Wildman–Crippen LogP) is 3.50. The molecule has 3 rings (SSSR count). The van der Waals surface area contributed by atoms with E-state index in [4.69, 9.17) is 9.47 Å². The smallest absolute Gasteiger partial charge is 0.253 e. The summed E-state index contributed by atoms with van der Waals surface area (Å²) in [5.41, 5.74) is 2.88. The van der Waals surface area contributed by atoms with Crippen molar-refractivity contribution in [2.24, 2.45) is 0 Å². The minimum atomic E-state index is -0.0583. The summed E-state index contributed by atoms with van der Waals surface area (Å²) >= 11 is 0. The molecule has 25 heavy (non-hydrogen) atoms. The van der Waals surface area contributed by atoms with Crippen LogP contribution in [-0.2, 0) is 6.42 Å². The summed E-state index contributed by atoms with van der Waals surface area (Å²) in [6, 6.07) is 13.4. The zero-order chi connectivity index (χ0) is 17.8. The Morgan fingerprint density at radius 2 is 1.76 bits per heavy atom. The highest BCUT2D eigenvalue weighted by Crippen LogP contribution is 2.23. The summed E-state index contributed by atoms with van der Waals surface area (Å²) in [5.74, 6) is 1.15. The molecule has 5 nitrogen and oxygen atoms in total. The van der Waals surface area contributed by atoms with Gasteiger partial charge in [-0.2, -0.15) is 0 Å². The normalized spacial score (nSPS) is 10.7. The van der Waals surface area contributed by atoms with E-state index in [1.165, 1.54) is 10.9 Å². The van der Waals surface area contributed by atoms with Crippen molar-refractivity contribution in [2.75, 3.05) is 27.8 Å². The van der Waals surface area contributed by atoms with Gasteiger partial charge in [0, 0.05) is 42.3 Å². The minimum Gasteiger partial charge on any atom is -0.497 e. The van der Waals surface area contributed by atoms with E-state index in [9.17, 15) is 4.79 Å². The number of para-hydroxylation sites is 1. The van der Waals surface area contributed by atoms with Crippen molar-refractivity contribution in [1.29, 1.82) is 0 Å². The number of methoxy groups -OCH3 is 2. The van der Waals surface area contributed by atoms with Gasteiger partial charge in [-0.3, -0.25) is 4.79 Å². The molecule has 0 fully saturated rings. The van der Waals surface area contributed by atoms with Gasteiger partial charge in [-0.25, -0.2) is 0 Å². The van der Waals surface area contributed by atoms with Crippen molar-refractivity contribution in [3.63, 3.8) is 0 Å². The number of benzene rings is 2. The largest absolute Gasteiger partial charge is 0.497 e. The van der Waals surface area contributed by atoms with E-state index in [1.54, 1.807) is 37.3 Å². The zero-order valence-corrected chi connectivity index (χ0v) is 14.7. The third kappa shape index (κ3) is 3.60. The number of nitrogens with zero attached hydrogens (tertiary/aromatic N) is 1. The Balaban J connectivity index is 1.72. The molecule has 0 atom stereocenters. The lowest BCUT2D eigenvalue weighted by atomic mass is 10.1. The van der Waals surface area contributed by atoms with Crippen LogP contribution in [0.25, 0.3) is 10.9 Å². The summed E-state index contributed by atoms with van der Waals surface area (Å²) < 4.78 is 10.5. The number of hydrogen-bond acceptors (Lipinski definition) is 3. The summed E-state index contributed by atoms with van der Waals surface area (Å²) in [6.45, 7) is 0.625. The fourth-order valence-corrected chi connectivity index (χ4v) is 2.88. The molecule has 3 aromatic rings. The molecule has 0 aliphatic heterocycles. The first-order valence-electron chi connectivity index (χ1n) is 8.16. The number of likely N-dealkylation sites (N-methyl/N-ethyl adjacent to an activating group) is 1. The number of nitrogens with one attached hydrogen (secondary N) is 1. The lowest BCUT2D eigenvalue weighted by molar-refractivity contribution is 0.0796. The molecular weight excluding hydrogens is 316 g/mol. The number of H-pyrrole nitrogens is 1. The Morgan fingerprint density at radius 3 is 2.44 bits per heavy atom. The molecule has 1 N–H and O–H groups in total. The van der Waals surface area contributed by atoms with Crippen molar-refractivity contribution >= 4 is 16.8 Å². The van der Waals surface area contributed by atoms with Crippen LogP contribution in [0.15, 0.2) is 48.7 Å². The number of aromatic amines is 1. The molecule has 0 bridgehead atoms. The molecule has 1 aromatic heterocycles. The minimum absolute atomic E-state index is 0.0583. The molecule has 2 aromatic carbocycles. The lowest BCUT2D eigenvalue weighted by Gasteiger charge is -2.18. The standard InChI is InChI=1S/C20H22N2O3/c1-22(9-8-14-13-21-19-7-5-4-6-18(14)19)20(23)15-10-16(24-2)12-17(11-15)25-3/h4-7,10-13,21H,8-9H2,1-3H3. The first-order valence-corrected chi connectivity index (χ1v) is 8.16. The molecule has 130 valence electrons. The number of fused-ring (bicyclic) bond motifs is 1. The molecule has 0 saturated heterocycles. The maximum atomic E-state index is 12.7. The van der Waals surface area contributed by atoms with Crippen molar-refractivity contribution in [2.45, 2.75) is 6.42 Å². The summed E-state index contributed by atoms with van der Waals surface area (Å²) in [6.07, 6.45) is 2.80. The topological polar surface area (TPSA) is 54.6 Å². The second kappa shape index (κ2) is 7.30. The number of rotatable bonds is 6. The van der Waals surface area contributed by atoms with Gasteiger partial charge in [-0.15, -0.1) is 0 Å². The molecule has 0 aliphatic rings. The van der Waals surface area contributed by atoms with Crippen LogP contribution < -0.4 is 9.47 Å². The van der Waals surface area contributed by atoms with Gasteiger partial charge in [0.25, 0.3) is 5.91 Å². The number of carbonyl (C=O) groups is 1. The molecule has 0 radical (unpaired) electrons. The Kier molecular flexibility index (Phi) is 4.93. The summed E-state index contributed by atoms with van der Waals surface area (Å²) in [4.78, 5) is 17.7. The van der Waals surface area contributed by atoms with Gasteiger partial charge < -0.3 is 19.4 Å². The number of amides is 1. The summed E-state index contributed by atoms with van der Waals surface area (Å²) in [7, 11) is 4.96. The third-order valence-corrected chi connectivity index (χ3v) is 4.34. The first kappa shape index (κ1) is 16.9. The van der Waals surface area contributed by atoms with E-state index in [0.717, 1.165) is 11.9 Å². The van der Waals surface area contributed by atoms with E-state index < -0.39 is 0 Å². The Hall–Kier alpha value is -2.95. The van der Waals surface area contributed by atoms with E-state index >= 15 is 0 Å². The predicted molar refractivity (Wildman–Crippen MR) is 98.5 cm³/mol. The van der Waals surface area contributed by atoms with Crippen LogP contribution in [0.4, 0.5) is 0 Å². The fourth-order valence-electron chi connectivity index (χ4n) is 2.88. The van der Waals surface area contributed by atoms with Gasteiger partial charge in [-0.05, 0) is 30.2 Å². The monoisotopic (exact) mass is 338 g/mol. The maximum absolute atomic E-state index is 12.7. The van der Waals surface area contributed by atoms with Gasteiger partial charge >= 0.3 is 0 Å². The highest BCUT2D eigenvalue weighted by Gasteiger charge is 2.15. The van der Waals surface area contributed by atoms with Crippen molar-refractivity contribution in [1.82, 2.24) is 9.88 Å². The van der Waals surface area contributed by atoms with Crippen LogP contribution in [-0.4, -0.2) is 43.6 Å². The molecule has 0 saturated carbocycles. The number of carbonyl (C=O) groups excluding carboxylic acids is 1. The highest BCUT2D eigenvalue weighted by atomic mass is 16.5. The molecule has 1 heterocycles. The van der Waals surface area contributed by atoms with Crippen molar-refractivity contribution in [3.05, 3.63) is 59.8 Å². The SMILES string of the molecule is COc1cc(OC)cc(C(=O)N(C)CCc2c[nH]c3ccccc23)c1. The third-order valence-electron chi connectivity index (χ3n) is 4.34. The Morgan fingerprint density at radius 1 is 1.08 bits per heavy atom. The molecule has 1 amide bonds. The Bertz CT molecular complexity index is 863. The maximum Gasteiger partial charge on any atom is 0.253 e. The van der Waals surface area contributed by atoms with Crippen LogP contribution in [0.2, 0.25) is 0 Å². The van der Waals surface area contributed by atoms with Crippen LogP contribution in [0.3, 0.4) is 0 Å². The van der Waals surface area contributed by atoms with E-state index in [0.29, 0.717) is 23.6 Å². The van der Waals surface area contributed by atoms with Gasteiger partial charge in [0.2, 0.25) is 0 Å². The van der Waals surface area contributed by atoms with Crippen LogP contribution in [0.5, 0.6) is 11.5 Å². The average Bonchev–Trinajstić information content (AvgIpc) is 3.08. The van der Waals surface area contributed by atoms with Gasteiger partial charge in [0.1, 0.15) is 11.5 Å². The van der Waals surface area contributed by atoms with Gasteiger partial charge in [-0.1, -0.05) is 18.2 Å². The van der Waals surface area contributed by atoms with E-state index in [1.807, 2.05) is 25.4 Å². The molecule has 0 unspecified atom stereocenters. The van der Waals surface area contributed by atoms with E-state index in [2.05, 4.69) is 17.1 Å². The van der Waals surface area contributed by atoms with Gasteiger partial charge in [0.15, 0.2) is 0 Å². The molecule has 5 heteroatoms. The second-order valence-electron chi connectivity index (χ2n) is 5.94. The zero-order valence-electron chi connectivity index (χ0n) is 14.7. The van der Waals surface area contributed by atoms with E-state index in [-0.39, 0.29) is 5.91 Å². The molecular formula is C20H22N2O3. The average molecular weight is 338 g/mol. The molecule has 0 spiro atoms. The number of aromatic nitrogens is 1. The Labute approximate surface area is 147 Å². The molecule has 0 aliphatic carbocycles. The number of ether oxygens (including phenoxy) is 2. The quantitative estimate of drug-likeness (QED) is 0.748. The lowest BCUT2D eigenvalue weighted by Crippen LogP contribution is -2.28. The van der Waals surface area contributed by atoms with Crippen molar-refractivity contribution in [3.8, 4) is 11.5 Å². The first-order chi connectivity index (χ1) is 12.1. The van der Waals surface area contributed by atoms with Crippen LogP contribution in [0, 0.1) is 0 Å². The highest BCUT2D eigenvalue weighted by molar-refractivity contribution is 5.95.